The van der Waals surface area contributed by atoms with Gasteiger partial charge < -0.3 is 10.2 Å². The second kappa shape index (κ2) is 7.54. The molecule has 3 aliphatic heterocycles. The molecule has 3 aliphatic rings. The van der Waals surface area contributed by atoms with Gasteiger partial charge in [-0.3, -0.25) is 4.90 Å². The molecule has 1 aromatic heterocycles. The molecule has 0 saturated carbocycles. The Morgan fingerprint density at radius 2 is 1.68 bits per heavy atom. The molecule has 0 spiro atoms. The third-order valence-electron chi connectivity index (χ3n) is 6.67. The predicted octanol–water partition coefficient (Wildman–Crippen LogP) is 3.03. The number of benzene rings is 1. The van der Waals surface area contributed by atoms with Gasteiger partial charge in [-0.2, -0.15) is 5.26 Å². The maximum Gasteiger partial charge on any atom is 0.146 e. The minimum atomic E-state index is 0.676. The van der Waals surface area contributed by atoms with E-state index in [1.54, 1.807) is 0 Å². The first-order valence-corrected chi connectivity index (χ1v) is 10.5. The lowest BCUT2D eigenvalue weighted by molar-refractivity contribution is 0.134. The summed E-state index contributed by atoms with van der Waals surface area (Å²) in [4.78, 5) is 9.66. The van der Waals surface area contributed by atoms with Gasteiger partial charge in [0, 0.05) is 56.1 Å². The highest BCUT2D eigenvalue weighted by atomic mass is 15.3. The van der Waals surface area contributed by atoms with Gasteiger partial charge >= 0.3 is 0 Å². The Kier molecular flexibility index (Phi) is 4.76. The number of hydrogen-bond acceptors (Lipinski definition) is 5. The fraction of sp³-hybridized carbons (Fsp3) is 0.478. The minimum Gasteiger partial charge on any atom is -0.353 e. The van der Waals surface area contributed by atoms with Crippen molar-refractivity contribution in [2.75, 3.05) is 31.1 Å². The molecular weight excluding hydrogens is 346 g/mol. The van der Waals surface area contributed by atoms with Crippen LogP contribution in [0, 0.1) is 11.3 Å². The zero-order valence-corrected chi connectivity index (χ0v) is 16.2. The fourth-order valence-electron chi connectivity index (χ4n) is 5.20. The Hall–Kier alpha value is -2.42. The number of nitrogens with zero attached hydrogens (tertiary/aromatic N) is 4. The van der Waals surface area contributed by atoms with Gasteiger partial charge in [0.25, 0.3) is 0 Å². The molecule has 28 heavy (non-hydrogen) atoms. The quantitative estimate of drug-likeness (QED) is 0.896. The van der Waals surface area contributed by atoms with Gasteiger partial charge in [-0.25, -0.2) is 4.98 Å². The molecule has 5 nitrogen and oxygen atoms in total. The van der Waals surface area contributed by atoms with Crippen LogP contribution < -0.4 is 10.2 Å². The SMILES string of the molecule is N#Cc1cc(-c2ccccc2)cnc1N1CCN(C2CC3CCC(C2)N3)CC1. The molecule has 4 heterocycles. The van der Waals surface area contributed by atoms with Crippen molar-refractivity contribution in [1.82, 2.24) is 15.2 Å². The lowest BCUT2D eigenvalue weighted by Crippen LogP contribution is -2.55. The van der Waals surface area contributed by atoms with E-state index < -0.39 is 0 Å². The molecule has 2 atom stereocenters. The van der Waals surface area contributed by atoms with E-state index in [-0.39, 0.29) is 0 Å². The highest BCUT2D eigenvalue weighted by Crippen LogP contribution is 2.31. The number of pyridine rings is 1. The number of piperidine rings is 1. The highest BCUT2D eigenvalue weighted by Gasteiger charge is 2.37. The zero-order valence-electron chi connectivity index (χ0n) is 16.2. The highest BCUT2D eigenvalue weighted by molar-refractivity contribution is 5.68. The number of aromatic nitrogens is 1. The van der Waals surface area contributed by atoms with Crippen LogP contribution in [0.1, 0.15) is 31.2 Å². The molecule has 2 aromatic rings. The van der Waals surface area contributed by atoms with Crippen LogP contribution in [0.4, 0.5) is 5.82 Å². The van der Waals surface area contributed by atoms with E-state index in [0.29, 0.717) is 5.56 Å². The summed E-state index contributed by atoms with van der Waals surface area (Å²) in [5, 5.41) is 13.5. The topological polar surface area (TPSA) is 55.2 Å². The Morgan fingerprint density at radius 3 is 2.36 bits per heavy atom. The maximum atomic E-state index is 9.71. The molecule has 3 fully saturated rings. The van der Waals surface area contributed by atoms with Crippen LogP contribution in [0.15, 0.2) is 42.6 Å². The lowest BCUT2D eigenvalue weighted by Gasteiger charge is -2.43. The largest absolute Gasteiger partial charge is 0.353 e. The van der Waals surface area contributed by atoms with E-state index in [1.165, 1.54) is 25.7 Å². The normalized spacial score (nSPS) is 27.5. The molecule has 2 bridgehead atoms. The average Bonchev–Trinajstić information content (AvgIpc) is 3.11. The van der Waals surface area contributed by atoms with Crippen molar-refractivity contribution in [1.29, 1.82) is 5.26 Å². The first-order chi connectivity index (χ1) is 13.8. The number of anilines is 1. The molecule has 3 saturated heterocycles. The smallest absolute Gasteiger partial charge is 0.146 e. The monoisotopic (exact) mass is 373 g/mol. The van der Waals surface area contributed by atoms with Crippen molar-refractivity contribution in [3.63, 3.8) is 0 Å². The van der Waals surface area contributed by atoms with Crippen LogP contribution in [-0.4, -0.2) is 54.2 Å². The summed E-state index contributed by atoms with van der Waals surface area (Å²) in [6, 6.07) is 16.7. The van der Waals surface area contributed by atoms with Gasteiger partial charge in [-0.05, 0) is 37.3 Å². The van der Waals surface area contributed by atoms with Crippen molar-refractivity contribution in [3.8, 4) is 17.2 Å². The number of nitrogens with one attached hydrogen (secondary N) is 1. The van der Waals surface area contributed by atoms with Crippen LogP contribution >= 0.6 is 0 Å². The summed E-state index contributed by atoms with van der Waals surface area (Å²) in [5.41, 5.74) is 2.78. The summed E-state index contributed by atoms with van der Waals surface area (Å²) in [6.45, 7) is 4.03. The summed E-state index contributed by atoms with van der Waals surface area (Å²) in [7, 11) is 0. The molecule has 1 aromatic carbocycles. The molecule has 0 aliphatic carbocycles. The molecule has 5 rings (SSSR count). The Morgan fingerprint density at radius 1 is 0.964 bits per heavy atom. The van der Waals surface area contributed by atoms with E-state index in [2.05, 4.69) is 33.3 Å². The molecule has 1 N–H and O–H groups in total. The van der Waals surface area contributed by atoms with Crippen LogP contribution in [0.25, 0.3) is 11.1 Å². The van der Waals surface area contributed by atoms with Gasteiger partial charge in [-0.1, -0.05) is 30.3 Å². The van der Waals surface area contributed by atoms with Crippen molar-refractivity contribution in [3.05, 3.63) is 48.2 Å². The summed E-state index contributed by atoms with van der Waals surface area (Å²) < 4.78 is 0. The first kappa shape index (κ1) is 17.7. The molecule has 2 unspecified atom stereocenters. The minimum absolute atomic E-state index is 0.676. The van der Waals surface area contributed by atoms with E-state index >= 15 is 0 Å². The Labute approximate surface area is 167 Å². The summed E-state index contributed by atoms with van der Waals surface area (Å²) >= 11 is 0. The van der Waals surface area contributed by atoms with Crippen LogP contribution in [0.3, 0.4) is 0 Å². The Balaban J connectivity index is 1.28. The standard InChI is InChI=1S/C23H27N5/c24-15-18-12-19(17-4-2-1-3-5-17)16-25-23(18)28-10-8-27(9-11-28)22-13-20-6-7-21(14-22)26-20/h1-5,12,16,20-22,26H,6-11,13-14H2. The zero-order chi connectivity index (χ0) is 18.9. The van der Waals surface area contributed by atoms with Gasteiger partial charge in [0.05, 0.1) is 5.56 Å². The molecule has 5 heteroatoms. The number of fused-ring (bicyclic) bond motifs is 2. The molecular formula is C23H27N5. The number of nitriles is 1. The van der Waals surface area contributed by atoms with Crippen LogP contribution in [-0.2, 0) is 0 Å². The number of piperazine rings is 1. The molecule has 0 amide bonds. The summed E-state index contributed by atoms with van der Waals surface area (Å²) in [6.07, 6.45) is 7.20. The third kappa shape index (κ3) is 3.39. The van der Waals surface area contributed by atoms with Gasteiger partial charge in [-0.15, -0.1) is 0 Å². The predicted molar refractivity (Wildman–Crippen MR) is 111 cm³/mol. The second-order valence-corrected chi connectivity index (χ2v) is 8.36. The van der Waals surface area contributed by atoms with Crippen molar-refractivity contribution in [2.45, 2.75) is 43.8 Å². The number of rotatable bonds is 3. The van der Waals surface area contributed by atoms with Crippen LogP contribution in [0.2, 0.25) is 0 Å². The lowest BCUT2D eigenvalue weighted by atomic mass is 9.97. The second-order valence-electron chi connectivity index (χ2n) is 8.36. The van der Waals surface area contributed by atoms with E-state index in [9.17, 15) is 5.26 Å². The van der Waals surface area contributed by atoms with Gasteiger partial charge in [0.2, 0.25) is 0 Å². The van der Waals surface area contributed by atoms with Crippen molar-refractivity contribution < 1.29 is 0 Å². The maximum absolute atomic E-state index is 9.71. The van der Waals surface area contributed by atoms with Gasteiger partial charge in [0.15, 0.2) is 0 Å². The van der Waals surface area contributed by atoms with E-state index in [0.717, 1.165) is 61.2 Å². The molecule has 144 valence electrons. The first-order valence-electron chi connectivity index (χ1n) is 10.5. The fourth-order valence-corrected chi connectivity index (χ4v) is 5.20. The Bertz CT molecular complexity index is 854. The number of hydrogen-bond donors (Lipinski definition) is 1. The van der Waals surface area contributed by atoms with E-state index in [4.69, 9.17) is 4.98 Å². The van der Waals surface area contributed by atoms with E-state index in [1.807, 2.05) is 30.5 Å². The van der Waals surface area contributed by atoms with Gasteiger partial charge in [0.1, 0.15) is 11.9 Å². The third-order valence-corrected chi connectivity index (χ3v) is 6.67. The molecule has 0 radical (unpaired) electrons. The van der Waals surface area contributed by atoms with Crippen molar-refractivity contribution >= 4 is 5.82 Å². The van der Waals surface area contributed by atoms with Crippen LogP contribution in [0.5, 0.6) is 0 Å². The average molecular weight is 374 g/mol. The summed E-state index contributed by atoms with van der Waals surface area (Å²) in [5.74, 6) is 0.840. The van der Waals surface area contributed by atoms with Crippen molar-refractivity contribution in [2.24, 2.45) is 0 Å².